The molecule has 3 nitrogen and oxygen atoms in total. The summed E-state index contributed by atoms with van der Waals surface area (Å²) in [6.07, 6.45) is 2.16. The number of likely N-dealkylation sites (tertiary alicyclic amines) is 1. The first-order valence-corrected chi connectivity index (χ1v) is 7.19. The molecule has 0 aromatic heterocycles. The van der Waals surface area contributed by atoms with Gasteiger partial charge < -0.3 is 9.80 Å². The lowest BCUT2D eigenvalue weighted by Gasteiger charge is -2.39. The highest BCUT2D eigenvalue weighted by Crippen LogP contribution is 2.26. The minimum atomic E-state index is -0.353. The number of benzene rings is 1. The number of piperidine rings is 1. The van der Waals surface area contributed by atoms with Crippen molar-refractivity contribution in [1.82, 2.24) is 4.90 Å². The van der Waals surface area contributed by atoms with Crippen LogP contribution in [0.1, 0.15) is 32.3 Å². The predicted octanol–water partition coefficient (Wildman–Crippen LogP) is 3.01. The van der Waals surface area contributed by atoms with Crippen LogP contribution < -0.4 is 4.90 Å². The van der Waals surface area contributed by atoms with E-state index in [9.17, 15) is 4.39 Å². The predicted molar refractivity (Wildman–Crippen MR) is 79.2 cm³/mol. The van der Waals surface area contributed by atoms with Gasteiger partial charge in [0.05, 0.1) is 11.3 Å². The molecule has 1 saturated heterocycles. The van der Waals surface area contributed by atoms with Crippen LogP contribution in [0.5, 0.6) is 0 Å². The molecular weight excluding hydrogens is 253 g/mol. The van der Waals surface area contributed by atoms with E-state index < -0.39 is 0 Å². The number of halogens is 1. The lowest BCUT2D eigenvalue weighted by Crippen LogP contribution is -2.45. The summed E-state index contributed by atoms with van der Waals surface area (Å²) < 4.78 is 13.2. The summed E-state index contributed by atoms with van der Waals surface area (Å²) in [5.41, 5.74) is 1.25. The lowest BCUT2D eigenvalue weighted by atomic mass is 10.0. The molecule has 0 amide bonds. The molecule has 0 radical (unpaired) electrons. The third-order valence-electron chi connectivity index (χ3n) is 4.24. The third kappa shape index (κ3) is 3.10. The Labute approximate surface area is 120 Å². The molecule has 0 atom stereocenters. The summed E-state index contributed by atoms with van der Waals surface area (Å²) in [5, 5.41) is 9.15. The fourth-order valence-corrected chi connectivity index (χ4v) is 2.89. The van der Waals surface area contributed by atoms with Crippen molar-refractivity contribution < 1.29 is 4.39 Å². The van der Waals surface area contributed by atoms with E-state index in [-0.39, 0.29) is 5.82 Å². The molecule has 1 aliphatic heterocycles. The van der Waals surface area contributed by atoms with Crippen LogP contribution in [0.2, 0.25) is 0 Å². The molecule has 2 rings (SSSR count). The van der Waals surface area contributed by atoms with Gasteiger partial charge in [-0.25, -0.2) is 4.39 Å². The second-order valence-electron chi connectivity index (χ2n) is 5.75. The van der Waals surface area contributed by atoms with Gasteiger partial charge in [-0.05, 0) is 44.9 Å². The number of hydrogen-bond donors (Lipinski definition) is 0. The summed E-state index contributed by atoms with van der Waals surface area (Å²) in [4.78, 5) is 4.61. The molecule has 1 fully saturated rings. The molecule has 108 valence electrons. The molecule has 1 aromatic rings. The average Bonchev–Trinajstić information content (AvgIpc) is 2.46. The zero-order valence-corrected chi connectivity index (χ0v) is 12.4. The van der Waals surface area contributed by atoms with Crippen LogP contribution in [0.4, 0.5) is 10.1 Å². The Kier molecular flexibility index (Phi) is 4.61. The first-order valence-electron chi connectivity index (χ1n) is 7.19. The first kappa shape index (κ1) is 14.8. The van der Waals surface area contributed by atoms with Gasteiger partial charge in [-0.2, -0.15) is 5.26 Å². The Morgan fingerprint density at radius 2 is 2.00 bits per heavy atom. The van der Waals surface area contributed by atoms with E-state index >= 15 is 0 Å². The standard InChI is InChI=1S/C16H22FN3/c1-12(2)20-8-6-15(7-9-20)19(3)16-5-4-14(17)10-13(16)11-18/h4-5,10,12,15H,6-9H2,1-3H3. The third-order valence-corrected chi connectivity index (χ3v) is 4.24. The van der Waals surface area contributed by atoms with E-state index in [2.05, 4.69) is 29.7 Å². The summed E-state index contributed by atoms with van der Waals surface area (Å²) in [6, 6.07) is 7.55. The molecule has 0 bridgehead atoms. The van der Waals surface area contributed by atoms with E-state index in [1.807, 2.05) is 7.05 Å². The Hall–Kier alpha value is -1.60. The average molecular weight is 275 g/mol. The Morgan fingerprint density at radius 1 is 1.35 bits per heavy atom. The van der Waals surface area contributed by atoms with E-state index in [4.69, 9.17) is 5.26 Å². The van der Waals surface area contributed by atoms with Crippen LogP contribution in [-0.4, -0.2) is 37.1 Å². The van der Waals surface area contributed by atoms with Crippen LogP contribution >= 0.6 is 0 Å². The zero-order valence-electron chi connectivity index (χ0n) is 12.4. The van der Waals surface area contributed by atoms with Crippen molar-refractivity contribution in [3.05, 3.63) is 29.6 Å². The highest BCUT2D eigenvalue weighted by Gasteiger charge is 2.25. The van der Waals surface area contributed by atoms with Gasteiger partial charge in [0, 0.05) is 32.2 Å². The van der Waals surface area contributed by atoms with Gasteiger partial charge in [0.1, 0.15) is 11.9 Å². The summed E-state index contributed by atoms with van der Waals surface area (Å²) in [5.74, 6) is -0.353. The Morgan fingerprint density at radius 3 is 2.55 bits per heavy atom. The monoisotopic (exact) mass is 275 g/mol. The fourth-order valence-electron chi connectivity index (χ4n) is 2.89. The van der Waals surface area contributed by atoms with Crippen LogP contribution in [0.25, 0.3) is 0 Å². The zero-order chi connectivity index (χ0) is 14.7. The van der Waals surface area contributed by atoms with Crippen molar-refractivity contribution in [3.63, 3.8) is 0 Å². The highest BCUT2D eigenvalue weighted by atomic mass is 19.1. The molecule has 1 aromatic carbocycles. The number of nitriles is 1. The number of rotatable bonds is 3. The highest BCUT2D eigenvalue weighted by molar-refractivity contribution is 5.59. The second kappa shape index (κ2) is 6.23. The largest absolute Gasteiger partial charge is 0.370 e. The number of anilines is 1. The smallest absolute Gasteiger partial charge is 0.124 e. The molecule has 0 spiro atoms. The molecule has 20 heavy (non-hydrogen) atoms. The van der Waals surface area contributed by atoms with Crippen LogP contribution in [0, 0.1) is 17.1 Å². The molecule has 0 N–H and O–H groups in total. The van der Waals surface area contributed by atoms with Crippen molar-refractivity contribution in [3.8, 4) is 6.07 Å². The van der Waals surface area contributed by atoms with Crippen molar-refractivity contribution in [1.29, 1.82) is 5.26 Å². The van der Waals surface area contributed by atoms with Gasteiger partial charge in [-0.3, -0.25) is 0 Å². The van der Waals surface area contributed by atoms with Gasteiger partial charge >= 0.3 is 0 Å². The maximum absolute atomic E-state index is 13.2. The van der Waals surface area contributed by atoms with Gasteiger partial charge in [0.2, 0.25) is 0 Å². The topological polar surface area (TPSA) is 30.3 Å². The fraction of sp³-hybridized carbons (Fsp3) is 0.562. The van der Waals surface area contributed by atoms with Crippen LogP contribution in [0.15, 0.2) is 18.2 Å². The SMILES string of the molecule is CC(C)N1CCC(N(C)c2ccc(F)cc2C#N)CC1. The van der Waals surface area contributed by atoms with Gasteiger partial charge in [-0.15, -0.1) is 0 Å². The Balaban J connectivity index is 2.09. The summed E-state index contributed by atoms with van der Waals surface area (Å²) in [6.45, 7) is 6.60. The van der Waals surface area contributed by atoms with E-state index in [0.717, 1.165) is 31.6 Å². The molecule has 1 heterocycles. The van der Waals surface area contributed by atoms with Gasteiger partial charge in [0.25, 0.3) is 0 Å². The van der Waals surface area contributed by atoms with Crippen molar-refractivity contribution >= 4 is 5.69 Å². The summed E-state index contributed by atoms with van der Waals surface area (Å²) in [7, 11) is 2.00. The van der Waals surface area contributed by atoms with Crippen LogP contribution in [0.3, 0.4) is 0 Å². The van der Waals surface area contributed by atoms with Crippen molar-refractivity contribution in [2.45, 2.75) is 38.8 Å². The van der Waals surface area contributed by atoms with E-state index in [1.165, 1.54) is 12.1 Å². The maximum Gasteiger partial charge on any atom is 0.124 e. The normalized spacial score (nSPS) is 17.2. The Bertz CT molecular complexity index is 499. The minimum absolute atomic E-state index is 0.353. The van der Waals surface area contributed by atoms with E-state index in [0.29, 0.717) is 17.6 Å². The molecule has 0 unspecified atom stereocenters. The number of nitrogens with zero attached hydrogens (tertiary/aromatic N) is 3. The maximum atomic E-state index is 13.2. The first-order chi connectivity index (χ1) is 9.52. The molecule has 0 saturated carbocycles. The lowest BCUT2D eigenvalue weighted by molar-refractivity contribution is 0.171. The van der Waals surface area contributed by atoms with E-state index in [1.54, 1.807) is 6.07 Å². The molecule has 0 aliphatic carbocycles. The second-order valence-corrected chi connectivity index (χ2v) is 5.75. The van der Waals surface area contributed by atoms with Gasteiger partial charge in [-0.1, -0.05) is 0 Å². The molecular formula is C16H22FN3. The summed E-state index contributed by atoms with van der Waals surface area (Å²) >= 11 is 0. The molecule has 1 aliphatic rings. The van der Waals surface area contributed by atoms with Crippen molar-refractivity contribution in [2.24, 2.45) is 0 Å². The van der Waals surface area contributed by atoms with Gasteiger partial charge in [0.15, 0.2) is 0 Å². The number of hydrogen-bond acceptors (Lipinski definition) is 3. The van der Waals surface area contributed by atoms with Crippen LogP contribution in [-0.2, 0) is 0 Å². The molecule has 4 heteroatoms. The quantitative estimate of drug-likeness (QED) is 0.849. The van der Waals surface area contributed by atoms with Crippen molar-refractivity contribution in [2.75, 3.05) is 25.0 Å². The minimum Gasteiger partial charge on any atom is -0.370 e.